The minimum atomic E-state index is 0.151. The van der Waals surface area contributed by atoms with Crippen LogP contribution in [-0.4, -0.2) is 10.9 Å². The van der Waals surface area contributed by atoms with Crippen LogP contribution in [0.4, 0.5) is 0 Å². The molecule has 15 heavy (non-hydrogen) atoms. The second-order valence-electron chi connectivity index (χ2n) is 3.28. The Hall–Kier alpha value is -1.06. The minimum Gasteiger partial charge on any atom is -0.337 e. The summed E-state index contributed by atoms with van der Waals surface area (Å²) < 4.78 is 2.71. The van der Waals surface area contributed by atoms with Crippen LogP contribution in [-0.2, 0) is 0 Å². The molecule has 1 atom stereocenters. The zero-order valence-corrected chi connectivity index (χ0v) is 9.76. The molecule has 2 nitrogen and oxygen atoms in total. The number of nitrogens with zero attached hydrogens (tertiary/aromatic N) is 1. The third kappa shape index (κ3) is 1.98. The molecule has 2 aromatic rings. The predicted octanol–water partition coefficient (Wildman–Crippen LogP) is 3.62. The molecule has 4 heteroatoms. The fraction of sp³-hybridized carbons (Fsp3) is 0.182. The van der Waals surface area contributed by atoms with Crippen molar-refractivity contribution in [1.82, 2.24) is 4.57 Å². The van der Waals surface area contributed by atoms with E-state index in [1.165, 1.54) is 0 Å². The maximum atomic E-state index is 10.8. The van der Waals surface area contributed by atoms with Crippen molar-refractivity contribution in [2.75, 3.05) is 0 Å². The lowest BCUT2D eigenvalue weighted by atomic mass is 10.2. The highest BCUT2D eigenvalue weighted by Gasteiger charge is 2.12. The van der Waals surface area contributed by atoms with E-state index in [0.717, 1.165) is 15.5 Å². The maximum Gasteiger partial charge on any atom is 0.166 e. The van der Waals surface area contributed by atoms with Crippen LogP contribution in [0.1, 0.15) is 28.3 Å². The Morgan fingerprint density at radius 2 is 2.27 bits per heavy atom. The Balaban J connectivity index is 2.35. The second-order valence-corrected chi connectivity index (χ2v) is 5.02. The number of halogens is 1. The summed E-state index contributed by atoms with van der Waals surface area (Å²) in [7, 11) is 0. The van der Waals surface area contributed by atoms with Gasteiger partial charge in [-0.05, 0) is 31.2 Å². The van der Waals surface area contributed by atoms with Crippen molar-refractivity contribution >= 4 is 29.2 Å². The van der Waals surface area contributed by atoms with E-state index in [1.807, 2.05) is 29.0 Å². The van der Waals surface area contributed by atoms with Crippen molar-refractivity contribution in [3.63, 3.8) is 0 Å². The molecule has 0 amide bonds. The number of carbonyl (C=O) groups excluding carboxylic acids is 1. The zero-order chi connectivity index (χ0) is 10.8. The number of rotatable bonds is 3. The quantitative estimate of drug-likeness (QED) is 0.750. The van der Waals surface area contributed by atoms with Gasteiger partial charge < -0.3 is 4.57 Å². The van der Waals surface area contributed by atoms with Gasteiger partial charge in [-0.2, -0.15) is 0 Å². The lowest BCUT2D eigenvalue weighted by Crippen LogP contribution is -2.06. The molecule has 1 unspecified atom stereocenters. The Morgan fingerprint density at radius 3 is 2.87 bits per heavy atom. The van der Waals surface area contributed by atoms with Gasteiger partial charge in [0.25, 0.3) is 0 Å². The third-order valence-electron chi connectivity index (χ3n) is 2.36. The molecule has 0 bridgehead atoms. The van der Waals surface area contributed by atoms with Crippen LogP contribution in [0.3, 0.4) is 0 Å². The molecule has 0 radical (unpaired) electrons. The van der Waals surface area contributed by atoms with Gasteiger partial charge in [-0.15, -0.1) is 11.3 Å². The number of aromatic nitrogens is 1. The summed E-state index contributed by atoms with van der Waals surface area (Å²) in [5, 5.41) is 0. The molecular formula is C11H10ClNOS. The number of thiophene rings is 1. The molecule has 0 aliphatic heterocycles. The third-order valence-corrected chi connectivity index (χ3v) is 3.76. The van der Waals surface area contributed by atoms with Crippen molar-refractivity contribution < 1.29 is 4.79 Å². The monoisotopic (exact) mass is 239 g/mol. The zero-order valence-electron chi connectivity index (χ0n) is 8.18. The van der Waals surface area contributed by atoms with Gasteiger partial charge in [-0.1, -0.05) is 11.6 Å². The smallest absolute Gasteiger partial charge is 0.166 e. The molecule has 0 aliphatic rings. The van der Waals surface area contributed by atoms with Crippen LogP contribution in [0, 0.1) is 0 Å². The summed E-state index contributed by atoms with van der Waals surface area (Å²) in [6, 6.07) is 7.69. The molecule has 0 N–H and O–H groups in total. The first-order valence-electron chi connectivity index (χ1n) is 4.59. The summed E-state index contributed by atoms with van der Waals surface area (Å²) in [4.78, 5) is 11.9. The molecule has 0 spiro atoms. The van der Waals surface area contributed by atoms with Crippen molar-refractivity contribution in [3.05, 3.63) is 45.4 Å². The van der Waals surface area contributed by atoms with Gasteiger partial charge in [-0.25, -0.2) is 0 Å². The van der Waals surface area contributed by atoms with E-state index in [9.17, 15) is 4.79 Å². The van der Waals surface area contributed by atoms with Gasteiger partial charge in [0.1, 0.15) is 0 Å². The normalized spacial score (nSPS) is 12.7. The van der Waals surface area contributed by atoms with Gasteiger partial charge in [0.2, 0.25) is 0 Å². The first kappa shape index (κ1) is 10.5. The summed E-state index contributed by atoms with van der Waals surface area (Å²) in [5.41, 5.74) is 0.687. The van der Waals surface area contributed by atoms with Crippen LogP contribution in [0.2, 0.25) is 4.34 Å². The van der Waals surface area contributed by atoms with Crippen LogP contribution in [0.25, 0.3) is 0 Å². The SMILES string of the molecule is CC(c1ccc(Cl)s1)n1cccc1C=O. The largest absolute Gasteiger partial charge is 0.337 e. The summed E-state index contributed by atoms with van der Waals surface area (Å²) in [5.74, 6) is 0. The van der Waals surface area contributed by atoms with Gasteiger partial charge >= 0.3 is 0 Å². The topological polar surface area (TPSA) is 22.0 Å². The maximum absolute atomic E-state index is 10.8. The number of hydrogen-bond acceptors (Lipinski definition) is 2. The molecule has 0 saturated carbocycles. The molecule has 0 saturated heterocycles. The van der Waals surface area contributed by atoms with Crippen molar-refractivity contribution in [2.45, 2.75) is 13.0 Å². The molecule has 2 aromatic heterocycles. The molecule has 0 aromatic carbocycles. The van der Waals surface area contributed by atoms with E-state index in [1.54, 1.807) is 17.4 Å². The molecular weight excluding hydrogens is 230 g/mol. The minimum absolute atomic E-state index is 0.151. The summed E-state index contributed by atoms with van der Waals surface area (Å²) in [6.07, 6.45) is 2.77. The average molecular weight is 240 g/mol. The highest BCUT2D eigenvalue weighted by molar-refractivity contribution is 7.16. The van der Waals surface area contributed by atoms with E-state index in [-0.39, 0.29) is 6.04 Å². The lowest BCUT2D eigenvalue weighted by Gasteiger charge is -2.13. The van der Waals surface area contributed by atoms with Gasteiger partial charge in [0.05, 0.1) is 16.1 Å². The molecule has 2 rings (SSSR count). The first-order chi connectivity index (χ1) is 7.22. The van der Waals surface area contributed by atoms with Gasteiger partial charge in [0.15, 0.2) is 6.29 Å². The van der Waals surface area contributed by atoms with Crippen molar-refractivity contribution in [1.29, 1.82) is 0 Å². The van der Waals surface area contributed by atoms with E-state index in [2.05, 4.69) is 6.92 Å². The van der Waals surface area contributed by atoms with E-state index in [4.69, 9.17) is 11.6 Å². The van der Waals surface area contributed by atoms with Crippen LogP contribution in [0.15, 0.2) is 30.5 Å². The van der Waals surface area contributed by atoms with Gasteiger partial charge in [-0.3, -0.25) is 4.79 Å². The summed E-state index contributed by atoms with van der Waals surface area (Å²) >= 11 is 7.42. The van der Waals surface area contributed by atoms with Crippen molar-refractivity contribution in [3.8, 4) is 0 Å². The van der Waals surface area contributed by atoms with Crippen LogP contribution < -0.4 is 0 Å². The van der Waals surface area contributed by atoms with Crippen LogP contribution >= 0.6 is 22.9 Å². The average Bonchev–Trinajstić information content (AvgIpc) is 2.84. The van der Waals surface area contributed by atoms with E-state index >= 15 is 0 Å². The molecule has 2 heterocycles. The molecule has 0 fully saturated rings. The molecule has 78 valence electrons. The Labute approximate surface area is 97.1 Å². The number of hydrogen-bond donors (Lipinski definition) is 0. The summed E-state index contributed by atoms with van der Waals surface area (Å²) in [6.45, 7) is 2.05. The number of carbonyl (C=O) groups is 1. The van der Waals surface area contributed by atoms with Gasteiger partial charge in [0, 0.05) is 11.1 Å². The highest BCUT2D eigenvalue weighted by Crippen LogP contribution is 2.29. The van der Waals surface area contributed by atoms with Crippen molar-refractivity contribution in [2.24, 2.45) is 0 Å². The fourth-order valence-corrected chi connectivity index (χ4v) is 2.66. The Morgan fingerprint density at radius 1 is 1.47 bits per heavy atom. The van der Waals surface area contributed by atoms with E-state index in [0.29, 0.717) is 5.69 Å². The first-order valence-corrected chi connectivity index (χ1v) is 5.79. The standard InChI is InChI=1S/C11H10ClNOS/c1-8(10-4-5-11(12)15-10)13-6-2-3-9(13)7-14/h2-8H,1H3. The lowest BCUT2D eigenvalue weighted by molar-refractivity contribution is 0.111. The van der Waals surface area contributed by atoms with E-state index < -0.39 is 0 Å². The highest BCUT2D eigenvalue weighted by atomic mass is 35.5. The Kier molecular flexibility index (Phi) is 2.93. The second kappa shape index (κ2) is 4.21. The Bertz CT molecular complexity index is 474. The number of aldehydes is 1. The van der Waals surface area contributed by atoms with Crippen LogP contribution in [0.5, 0.6) is 0 Å². The predicted molar refractivity (Wildman–Crippen MR) is 63.0 cm³/mol. The molecule has 0 aliphatic carbocycles. The fourth-order valence-electron chi connectivity index (χ4n) is 1.55.